The van der Waals surface area contributed by atoms with Gasteiger partial charge in [0.25, 0.3) is 5.91 Å². The third-order valence-corrected chi connectivity index (χ3v) is 7.50. The average molecular weight is 559 g/mol. The van der Waals surface area contributed by atoms with Gasteiger partial charge in [-0.05, 0) is 42.3 Å². The molecule has 1 N–H and O–H groups in total. The minimum absolute atomic E-state index is 0.0939. The number of amides is 1. The van der Waals surface area contributed by atoms with E-state index in [-0.39, 0.29) is 10.9 Å². The van der Waals surface area contributed by atoms with Crippen molar-refractivity contribution in [1.82, 2.24) is 14.3 Å². The maximum Gasteiger partial charge on any atom is 0.257 e. The van der Waals surface area contributed by atoms with E-state index in [1.165, 1.54) is 6.08 Å². The molecular formula is C28H29Cl2N3O3S. The second-order valence-electron chi connectivity index (χ2n) is 8.39. The highest BCUT2D eigenvalue weighted by Crippen LogP contribution is 2.25. The SMILES string of the molecule is CCCCCS(=O)(=O)NC(=O)C=Cc1c(Cl)nc(CC)n1Cc1ccc(C#Cc2ccccc2)cc1Cl. The largest absolute Gasteiger partial charge is 0.323 e. The Morgan fingerprint density at radius 2 is 1.78 bits per heavy atom. The van der Waals surface area contributed by atoms with Crippen LogP contribution >= 0.6 is 23.2 Å². The zero-order valence-corrected chi connectivity index (χ0v) is 23.1. The van der Waals surface area contributed by atoms with Crippen LogP contribution in [0.1, 0.15) is 61.3 Å². The molecule has 37 heavy (non-hydrogen) atoms. The molecule has 2 aromatic carbocycles. The van der Waals surface area contributed by atoms with Crippen LogP contribution in [0.25, 0.3) is 6.08 Å². The Hall–Kier alpha value is -3.05. The number of nitrogens with zero attached hydrogens (tertiary/aromatic N) is 2. The lowest BCUT2D eigenvalue weighted by Crippen LogP contribution is -2.31. The van der Waals surface area contributed by atoms with Crippen molar-refractivity contribution >= 4 is 45.2 Å². The number of hydrogen-bond acceptors (Lipinski definition) is 4. The number of unbranched alkanes of at least 4 members (excludes halogenated alkanes) is 2. The Balaban J connectivity index is 1.79. The summed E-state index contributed by atoms with van der Waals surface area (Å²) in [5.74, 6) is 6.11. The quantitative estimate of drug-likeness (QED) is 0.192. The van der Waals surface area contributed by atoms with Crippen LogP contribution in [0.5, 0.6) is 0 Å². The molecule has 0 bridgehead atoms. The van der Waals surface area contributed by atoms with Gasteiger partial charge in [0.15, 0.2) is 5.15 Å². The van der Waals surface area contributed by atoms with Crippen molar-refractivity contribution in [3.8, 4) is 11.8 Å². The van der Waals surface area contributed by atoms with Crippen LogP contribution in [-0.4, -0.2) is 29.6 Å². The molecule has 0 saturated carbocycles. The third kappa shape index (κ3) is 8.50. The molecule has 0 spiro atoms. The highest BCUT2D eigenvalue weighted by atomic mass is 35.5. The lowest BCUT2D eigenvalue weighted by molar-refractivity contribution is -0.114. The van der Waals surface area contributed by atoms with Gasteiger partial charge in [-0.15, -0.1) is 0 Å². The number of sulfonamides is 1. The maximum atomic E-state index is 12.3. The van der Waals surface area contributed by atoms with Gasteiger partial charge in [0.05, 0.1) is 18.0 Å². The van der Waals surface area contributed by atoms with Crippen LogP contribution in [0.4, 0.5) is 0 Å². The standard InChI is InChI=1S/C28H29Cl2N3O3S/c1-3-5-9-18-37(35,36)32-27(34)17-16-25-28(30)31-26(4-2)33(25)20-23-15-14-22(19-24(23)29)13-12-21-10-7-6-8-11-21/h6-8,10-11,14-17,19H,3-5,9,18,20H2,1-2H3,(H,32,34). The first-order valence-corrected chi connectivity index (χ1v) is 14.5. The van der Waals surface area contributed by atoms with Gasteiger partial charge < -0.3 is 4.57 Å². The van der Waals surface area contributed by atoms with Gasteiger partial charge in [-0.2, -0.15) is 0 Å². The summed E-state index contributed by atoms with van der Waals surface area (Å²) in [7, 11) is -3.69. The van der Waals surface area contributed by atoms with E-state index >= 15 is 0 Å². The van der Waals surface area contributed by atoms with Crippen LogP contribution < -0.4 is 4.72 Å². The summed E-state index contributed by atoms with van der Waals surface area (Å²) in [4.78, 5) is 16.7. The summed E-state index contributed by atoms with van der Waals surface area (Å²) in [6.07, 6.45) is 5.39. The predicted octanol–water partition coefficient (Wildman–Crippen LogP) is 5.85. The molecule has 0 radical (unpaired) electrons. The fraction of sp³-hybridized carbons (Fsp3) is 0.286. The molecule has 1 heterocycles. The smallest absolute Gasteiger partial charge is 0.257 e. The summed E-state index contributed by atoms with van der Waals surface area (Å²) in [5, 5.41) is 0.755. The minimum atomic E-state index is -3.69. The van der Waals surface area contributed by atoms with E-state index in [1.807, 2.05) is 66.9 Å². The van der Waals surface area contributed by atoms with E-state index in [0.717, 1.165) is 35.6 Å². The van der Waals surface area contributed by atoms with Gasteiger partial charge in [-0.3, -0.25) is 4.79 Å². The highest BCUT2D eigenvalue weighted by molar-refractivity contribution is 7.90. The van der Waals surface area contributed by atoms with Gasteiger partial charge in [0.1, 0.15) is 5.82 Å². The summed E-state index contributed by atoms with van der Waals surface area (Å²) in [6.45, 7) is 4.29. The summed E-state index contributed by atoms with van der Waals surface area (Å²) in [5.41, 5.74) is 3.01. The van der Waals surface area contributed by atoms with Gasteiger partial charge >= 0.3 is 0 Å². The highest BCUT2D eigenvalue weighted by Gasteiger charge is 2.16. The van der Waals surface area contributed by atoms with Gasteiger partial charge in [-0.1, -0.05) is 86.0 Å². The van der Waals surface area contributed by atoms with E-state index in [9.17, 15) is 13.2 Å². The zero-order valence-electron chi connectivity index (χ0n) is 20.8. The van der Waals surface area contributed by atoms with E-state index in [4.69, 9.17) is 23.2 Å². The minimum Gasteiger partial charge on any atom is -0.323 e. The number of aryl methyl sites for hydroxylation is 1. The number of carbonyl (C=O) groups is 1. The molecule has 1 amide bonds. The Kier molecular flexibility index (Phi) is 10.4. The number of benzene rings is 2. The Bertz CT molecular complexity index is 1440. The lowest BCUT2D eigenvalue weighted by atomic mass is 10.1. The second kappa shape index (κ2) is 13.5. The first kappa shape index (κ1) is 28.5. The topological polar surface area (TPSA) is 81.1 Å². The molecule has 3 aromatic rings. The van der Waals surface area contributed by atoms with Crippen LogP contribution in [-0.2, 0) is 27.8 Å². The van der Waals surface area contributed by atoms with E-state index in [0.29, 0.717) is 35.9 Å². The van der Waals surface area contributed by atoms with Gasteiger partial charge in [0.2, 0.25) is 10.0 Å². The second-order valence-corrected chi connectivity index (χ2v) is 11.0. The number of aromatic nitrogens is 2. The van der Waals surface area contributed by atoms with Crippen molar-refractivity contribution < 1.29 is 13.2 Å². The molecule has 0 aliphatic rings. The van der Waals surface area contributed by atoms with Gasteiger partial charge in [-0.25, -0.2) is 18.1 Å². The molecule has 0 saturated heterocycles. The molecule has 0 aliphatic carbocycles. The average Bonchev–Trinajstić information content (AvgIpc) is 3.17. The molecule has 194 valence electrons. The number of rotatable bonds is 10. The fourth-order valence-corrected chi connectivity index (χ4v) is 5.17. The number of carbonyl (C=O) groups excluding carboxylic acids is 1. The first-order chi connectivity index (χ1) is 17.7. The molecule has 0 fully saturated rings. The number of halogens is 2. The maximum absolute atomic E-state index is 12.3. The third-order valence-electron chi connectivity index (χ3n) is 5.53. The summed E-state index contributed by atoms with van der Waals surface area (Å²) in [6, 6.07) is 15.3. The Labute approximate surface area is 228 Å². The van der Waals surface area contributed by atoms with Crippen LogP contribution in [0.2, 0.25) is 10.2 Å². The van der Waals surface area contributed by atoms with E-state index < -0.39 is 15.9 Å². The Morgan fingerprint density at radius 3 is 2.46 bits per heavy atom. The van der Waals surface area contributed by atoms with Crippen molar-refractivity contribution in [3.05, 3.63) is 93.0 Å². The van der Waals surface area contributed by atoms with Crippen molar-refractivity contribution in [2.75, 3.05) is 5.75 Å². The molecule has 9 heteroatoms. The molecule has 0 aliphatic heterocycles. The van der Waals surface area contributed by atoms with Crippen molar-refractivity contribution in [3.63, 3.8) is 0 Å². The first-order valence-electron chi connectivity index (χ1n) is 12.0. The van der Waals surface area contributed by atoms with Crippen molar-refractivity contribution in [2.24, 2.45) is 0 Å². The monoisotopic (exact) mass is 557 g/mol. The summed E-state index contributed by atoms with van der Waals surface area (Å²) >= 11 is 13.0. The molecule has 0 atom stereocenters. The number of nitrogens with one attached hydrogen (secondary N) is 1. The molecule has 6 nitrogen and oxygen atoms in total. The molecule has 3 rings (SSSR count). The molecule has 0 unspecified atom stereocenters. The fourth-order valence-electron chi connectivity index (χ4n) is 3.61. The molecule has 1 aromatic heterocycles. The predicted molar refractivity (Wildman–Crippen MR) is 150 cm³/mol. The lowest BCUT2D eigenvalue weighted by Gasteiger charge is -2.11. The number of imidazole rings is 1. The van der Waals surface area contributed by atoms with Gasteiger partial charge in [0, 0.05) is 28.6 Å². The van der Waals surface area contributed by atoms with Crippen molar-refractivity contribution in [2.45, 2.75) is 46.1 Å². The van der Waals surface area contributed by atoms with E-state index in [1.54, 1.807) is 0 Å². The normalized spacial score (nSPS) is 11.4. The van der Waals surface area contributed by atoms with Crippen LogP contribution in [0.15, 0.2) is 54.6 Å². The van der Waals surface area contributed by atoms with Crippen LogP contribution in [0, 0.1) is 11.8 Å². The molecular weight excluding hydrogens is 529 g/mol. The summed E-state index contributed by atoms with van der Waals surface area (Å²) < 4.78 is 28.2. The van der Waals surface area contributed by atoms with Crippen molar-refractivity contribution in [1.29, 1.82) is 0 Å². The number of hydrogen-bond donors (Lipinski definition) is 1. The zero-order chi connectivity index (χ0) is 26.8. The van der Waals surface area contributed by atoms with E-state index in [2.05, 4.69) is 21.5 Å². The Morgan fingerprint density at radius 1 is 1.05 bits per heavy atom. The van der Waals surface area contributed by atoms with Crippen LogP contribution in [0.3, 0.4) is 0 Å².